The first-order chi connectivity index (χ1) is 6.92. The average Bonchev–Trinajstić information content (AvgIpc) is 2.21. The predicted octanol–water partition coefficient (Wildman–Crippen LogP) is 3.19. The molecule has 3 N–H and O–H groups in total. The van der Waals surface area contributed by atoms with Gasteiger partial charge >= 0.3 is 0 Å². The molecule has 0 unspecified atom stereocenters. The van der Waals surface area contributed by atoms with Gasteiger partial charge in [-0.3, -0.25) is 0 Å². The van der Waals surface area contributed by atoms with E-state index in [0.717, 1.165) is 12.0 Å². The molecule has 1 aromatic rings. The van der Waals surface area contributed by atoms with Crippen molar-refractivity contribution in [3.8, 4) is 5.75 Å². The second-order valence-electron chi connectivity index (χ2n) is 4.41. The SMILES string of the molecule is CCC(C)(C)c1cc(Cl)c(O)c(CN)c1. The van der Waals surface area contributed by atoms with Gasteiger partial charge in [-0.05, 0) is 23.5 Å². The number of hydrogen-bond donors (Lipinski definition) is 2. The number of benzene rings is 1. The largest absolute Gasteiger partial charge is 0.506 e. The quantitative estimate of drug-likeness (QED) is 0.833. The van der Waals surface area contributed by atoms with Crippen molar-refractivity contribution in [2.45, 2.75) is 39.2 Å². The molecule has 0 bridgehead atoms. The summed E-state index contributed by atoms with van der Waals surface area (Å²) in [7, 11) is 0. The highest BCUT2D eigenvalue weighted by Gasteiger charge is 2.20. The number of nitrogens with two attached hydrogens (primary N) is 1. The zero-order valence-electron chi connectivity index (χ0n) is 9.47. The summed E-state index contributed by atoms with van der Waals surface area (Å²) in [6.45, 7) is 6.73. The van der Waals surface area contributed by atoms with Crippen molar-refractivity contribution in [3.63, 3.8) is 0 Å². The minimum absolute atomic E-state index is 0.0568. The molecular formula is C12H18ClNO. The van der Waals surface area contributed by atoms with Gasteiger partial charge in [-0.25, -0.2) is 0 Å². The second-order valence-corrected chi connectivity index (χ2v) is 4.81. The summed E-state index contributed by atoms with van der Waals surface area (Å²) in [5.74, 6) is 0.106. The standard InChI is InChI=1S/C12H18ClNO/c1-4-12(2,3)9-5-8(7-14)11(15)10(13)6-9/h5-6,15H,4,7,14H2,1-3H3. The van der Waals surface area contributed by atoms with Crippen molar-refractivity contribution >= 4 is 11.6 Å². The summed E-state index contributed by atoms with van der Waals surface area (Å²) >= 11 is 5.96. The van der Waals surface area contributed by atoms with Gasteiger partial charge in [0.15, 0.2) is 0 Å². The summed E-state index contributed by atoms with van der Waals surface area (Å²) in [5, 5.41) is 10.0. The number of halogens is 1. The molecule has 84 valence electrons. The molecule has 0 aromatic heterocycles. The molecular weight excluding hydrogens is 210 g/mol. The summed E-state index contributed by atoms with van der Waals surface area (Å²) in [5.41, 5.74) is 7.44. The Balaban J connectivity index is 3.28. The summed E-state index contributed by atoms with van der Waals surface area (Å²) < 4.78 is 0. The van der Waals surface area contributed by atoms with E-state index < -0.39 is 0 Å². The smallest absolute Gasteiger partial charge is 0.138 e. The number of hydrogen-bond acceptors (Lipinski definition) is 2. The van der Waals surface area contributed by atoms with E-state index in [0.29, 0.717) is 17.1 Å². The molecule has 3 heteroatoms. The number of rotatable bonds is 3. The first-order valence-electron chi connectivity index (χ1n) is 5.14. The van der Waals surface area contributed by atoms with Crippen LogP contribution in [0.1, 0.15) is 38.3 Å². The Labute approximate surface area is 96.1 Å². The Kier molecular flexibility index (Phi) is 3.63. The van der Waals surface area contributed by atoms with E-state index in [1.54, 1.807) is 0 Å². The van der Waals surface area contributed by atoms with Crippen molar-refractivity contribution < 1.29 is 5.11 Å². The minimum Gasteiger partial charge on any atom is -0.506 e. The average molecular weight is 228 g/mol. The Bertz CT molecular complexity index is 361. The Morgan fingerprint density at radius 1 is 1.40 bits per heavy atom. The highest BCUT2D eigenvalue weighted by molar-refractivity contribution is 6.32. The van der Waals surface area contributed by atoms with Crippen LogP contribution in [0.25, 0.3) is 0 Å². The molecule has 2 nitrogen and oxygen atoms in total. The van der Waals surface area contributed by atoms with Gasteiger partial charge in [-0.15, -0.1) is 0 Å². The Hall–Kier alpha value is -0.730. The molecule has 1 rings (SSSR count). The highest BCUT2D eigenvalue weighted by Crippen LogP contribution is 2.35. The molecule has 0 aliphatic rings. The van der Waals surface area contributed by atoms with Crippen molar-refractivity contribution in [2.24, 2.45) is 5.73 Å². The Morgan fingerprint density at radius 2 is 2.00 bits per heavy atom. The third-order valence-electron chi connectivity index (χ3n) is 3.03. The molecule has 0 spiro atoms. The van der Waals surface area contributed by atoms with Crippen LogP contribution in [-0.4, -0.2) is 5.11 Å². The van der Waals surface area contributed by atoms with Crippen molar-refractivity contribution in [3.05, 3.63) is 28.3 Å². The molecule has 0 fully saturated rings. The van der Waals surface area contributed by atoms with Gasteiger partial charge in [-0.1, -0.05) is 38.4 Å². The monoisotopic (exact) mass is 227 g/mol. The molecule has 0 saturated carbocycles. The van der Waals surface area contributed by atoms with E-state index in [1.807, 2.05) is 12.1 Å². The molecule has 0 saturated heterocycles. The number of aromatic hydroxyl groups is 1. The van der Waals surface area contributed by atoms with Gasteiger partial charge in [0, 0.05) is 12.1 Å². The maximum absolute atomic E-state index is 9.65. The summed E-state index contributed by atoms with van der Waals surface area (Å²) in [6.07, 6.45) is 1.01. The normalized spacial score (nSPS) is 11.8. The van der Waals surface area contributed by atoms with Crippen molar-refractivity contribution in [1.82, 2.24) is 0 Å². The summed E-state index contributed by atoms with van der Waals surface area (Å²) in [4.78, 5) is 0. The zero-order valence-corrected chi connectivity index (χ0v) is 10.2. The molecule has 0 atom stereocenters. The Morgan fingerprint density at radius 3 is 2.47 bits per heavy atom. The lowest BCUT2D eigenvalue weighted by atomic mass is 9.81. The zero-order chi connectivity index (χ0) is 11.6. The predicted molar refractivity (Wildman–Crippen MR) is 64.3 cm³/mol. The molecule has 0 aliphatic heterocycles. The van der Waals surface area contributed by atoms with Gasteiger partial charge in [-0.2, -0.15) is 0 Å². The van der Waals surface area contributed by atoms with Crippen LogP contribution in [0.2, 0.25) is 5.02 Å². The van der Waals surface area contributed by atoms with E-state index in [2.05, 4.69) is 20.8 Å². The van der Waals surface area contributed by atoms with Crippen molar-refractivity contribution in [2.75, 3.05) is 0 Å². The lowest BCUT2D eigenvalue weighted by molar-refractivity contribution is 0.464. The van der Waals surface area contributed by atoms with Crippen molar-refractivity contribution in [1.29, 1.82) is 0 Å². The van der Waals surface area contributed by atoms with Crippen LogP contribution in [0.5, 0.6) is 5.75 Å². The van der Waals surface area contributed by atoms with Crippen LogP contribution in [0.3, 0.4) is 0 Å². The van der Waals surface area contributed by atoms with E-state index in [4.69, 9.17) is 17.3 Å². The third-order valence-corrected chi connectivity index (χ3v) is 3.32. The third kappa shape index (κ3) is 2.44. The van der Waals surface area contributed by atoms with Gasteiger partial charge in [0.2, 0.25) is 0 Å². The van der Waals surface area contributed by atoms with Crippen LogP contribution in [-0.2, 0) is 12.0 Å². The lowest BCUT2D eigenvalue weighted by Gasteiger charge is -2.24. The molecule has 0 aliphatic carbocycles. The second kappa shape index (κ2) is 4.42. The van der Waals surface area contributed by atoms with Gasteiger partial charge in [0.1, 0.15) is 5.75 Å². The lowest BCUT2D eigenvalue weighted by Crippen LogP contribution is -2.16. The molecule has 0 heterocycles. The first kappa shape index (κ1) is 12.3. The topological polar surface area (TPSA) is 46.2 Å². The van der Waals surface area contributed by atoms with E-state index in [9.17, 15) is 5.11 Å². The van der Waals surface area contributed by atoms with Crippen LogP contribution < -0.4 is 5.73 Å². The molecule has 0 radical (unpaired) electrons. The number of phenols is 1. The molecule has 0 amide bonds. The van der Waals surface area contributed by atoms with E-state index in [-0.39, 0.29) is 11.2 Å². The van der Waals surface area contributed by atoms with Crippen LogP contribution in [0, 0.1) is 0 Å². The van der Waals surface area contributed by atoms with Gasteiger partial charge < -0.3 is 10.8 Å². The fourth-order valence-corrected chi connectivity index (χ4v) is 1.65. The number of phenolic OH excluding ortho intramolecular Hbond substituents is 1. The molecule has 1 aromatic carbocycles. The fraction of sp³-hybridized carbons (Fsp3) is 0.500. The van der Waals surface area contributed by atoms with Gasteiger partial charge in [0.05, 0.1) is 5.02 Å². The maximum atomic E-state index is 9.65. The van der Waals surface area contributed by atoms with Crippen LogP contribution in [0.15, 0.2) is 12.1 Å². The summed E-state index contributed by atoms with van der Waals surface area (Å²) in [6, 6.07) is 3.75. The fourth-order valence-electron chi connectivity index (χ4n) is 1.41. The molecule has 15 heavy (non-hydrogen) atoms. The van der Waals surface area contributed by atoms with Gasteiger partial charge in [0.25, 0.3) is 0 Å². The van der Waals surface area contributed by atoms with E-state index in [1.165, 1.54) is 0 Å². The minimum atomic E-state index is 0.0568. The highest BCUT2D eigenvalue weighted by atomic mass is 35.5. The maximum Gasteiger partial charge on any atom is 0.138 e. The van der Waals surface area contributed by atoms with Crippen LogP contribution >= 0.6 is 11.6 Å². The first-order valence-corrected chi connectivity index (χ1v) is 5.52. The van der Waals surface area contributed by atoms with E-state index >= 15 is 0 Å². The van der Waals surface area contributed by atoms with Crippen LogP contribution in [0.4, 0.5) is 0 Å².